The zero-order valence-electron chi connectivity index (χ0n) is 11.3. The number of carbonyl (C=O) groups excluding carboxylic acids is 1. The van der Waals surface area contributed by atoms with Gasteiger partial charge in [-0.3, -0.25) is 29.6 Å². The highest BCUT2D eigenvalue weighted by Crippen LogP contribution is 2.09. The molecule has 2 aromatic heterocycles. The molecule has 0 radical (unpaired) electrons. The van der Waals surface area contributed by atoms with E-state index in [1.165, 1.54) is 10.7 Å². The average molecular weight is 264 g/mol. The Morgan fingerprint density at radius 1 is 1.37 bits per heavy atom. The molecule has 0 fully saturated rings. The standard InChI is InChI=1S/C12H16N4O3/c1-6(2)11(18)14-16-7(3)10-8(5-9(16)17)13-15(4)12(10)19/h5-6,13H,1-4H3,(H,14,18). The fraction of sp³-hybridized carbons (Fsp3) is 0.417. The number of hydrogen-bond acceptors (Lipinski definition) is 3. The van der Waals surface area contributed by atoms with Gasteiger partial charge in [0.1, 0.15) is 0 Å². The smallest absolute Gasteiger partial charge is 0.275 e. The normalized spacial score (nSPS) is 11.2. The number of amides is 1. The van der Waals surface area contributed by atoms with Gasteiger partial charge >= 0.3 is 0 Å². The van der Waals surface area contributed by atoms with Crippen molar-refractivity contribution in [1.82, 2.24) is 14.5 Å². The lowest BCUT2D eigenvalue weighted by Gasteiger charge is -2.13. The molecule has 2 aromatic rings. The summed E-state index contributed by atoms with van der Waals surface area (Å²) in [7, 11) is 1.57. The molecule has 0 bridgehead atoms. The molecule has 0 atom stereocenters. The maximum Gasteiger partial charge on any atom is 0.275 e. The van der Waals surface area contributed by atoms with Crippen molar-refractivity contribution in [3.63, 3.8) is 0 Å². The number of pyridine rings is 1. The first-order chi connectivity index (χ1) is 8.82. The molecule has 7 heteroatoms. The van der Waals surface area contributed by atoms with Crippen molar-refractivity contribution < 1.29 is 4.79 Å². The van der Waals surface area contributed by atoms with Gasteiger partial charge in [-0.15, -0.1) is 0 Å². The highest BCUT2D eigenvalue weighted by molar-refractivity contribution is 5.86. The molecule has 0 aliphatic rings. The topological polar surface area (TPSA) is 88.9 Å². The summed E-state index contributed by atoms with van der Waals surface area (Å²) in [5, 5.41) is 3.18. The van der Waals surface area contributed by atoms with Gasteiger partial charge in [0, 0.05) is 19.0 Å². The maximum atomic E-state index is 11.9. The highest BCUT2D eigenvalue weighted by atomic mass is 16.2. The molecule has 0 aliphatic carbocycles. The van der Waals surface area contributed by atoms with Crippen LogP contribution in [0.25, 0.3) is 10.9 Å². The van der Waals surface area contributed by atoms with Crippen molar-refractivity contribution in [2.24, 2.45) is 13.0 Å². The summed E-state index contributed by atoms with van der Waals surface area (Å²) >= 11 is 0. The highest BCUT2D eigenvalue weighted by Gasteiger charge is 2.15. The van der Waals surface area contributed by atoms with Gasteiger partial charge in [-0.1, -0.05) is 13.8 Å². The molecular formula is C12H16N4O3. The van der Waals surface area contributed by atoms with Crippen molar-refractivity contribution in [3.05, 3.63) is 32.5 Å². The number of nitrogens with zero attached hydrogens (tertiary/aromatic N) is 2. The number of carbonyl (C=O) groups is 1. The molecule has 0 saturated heterocycles. The number of aryl methyl sites for hydroxylation is 2. The van der Waals surface area contributed by atoms with E-state index in [-0.39, 0.29) is 22.9 Å². The first-order valence-electron chi connectivity index (χ1n) is 5.95. The molecule has 102 valence electrons. The summed E-state index contributed by atoms with van der Waals surface area (Å²) in [5.41, 5.74) is 2.76. The van der Waals surface area contributed by atoms with Crippen molar-refractivity contribution >= 4 is 16.8 Å². The second-order valence-corrected chi connectivity index (χ2v) is 4.80. The van der Waals surface area contributed by atoms with Crippen LogP contribution in [0.1, 0.15) is 19.5 Å². The largest absolute Gasteiger partial charge is 0.295 e. The summed E-state index contributed by atoms with van der Waals surface area (Å²) in [4.78, 5) is 35.6. The van der Waals surface area contributed by atoms with Crippen LogP contribution in [-0.2, 0) is 11.8 Å². The van der Waals surface area contributed by atoms with E-state index in [0.29, 0.717) is 16.6 Å². The fourth-order valence-electron chi connectivity index (χ4n) is 1.87. The Kier molecular flexibility index (Phi) is 3.05. The summed E-state index contributed by atoms with van der Waals surface area (Å²) in [6.07, 6.45) is 0. The molecule has 0 saturated carbocycles. The summed E-state index contributed by atoms with van der Waals surface area (Å²) < 4.78 is 2.41. The van der Waals surface area contributed by atoms with E-state index in [2.05, 4.69) is 10.5 Å². The monoisotopic (exact) mass is 264 g/mol. The number of H-pyrrole nitrogens is 1. The molecule has 2 N–H and O–H groups in total. The number of aromatic amines is 1. The molecule has 0 unspecified atom stereocenters. The lowest BCUT2D eigenvalue weighted by molar-refractivity contribution is -0.119. The van der Waals surface area contributed by atoms with Gasteiger partial charge in [0.05, 0.1) is 16.6 Å². The molecule has 7 nitrogen and oxygen atoms in total. The third-order valence-corrected chi connectivity index (χ3v) is 3.01. The van der Waals surface area contributed by atoms with Crippen molar-refractivity contribution in [2.45, 2.75) is 20.8 Å². The molecule has 0 aliphatic heterocycles. The molecule has 1 amide bonds. The van der Waals surface area contributed by atoms with Gasteiger partial charge < -0.3 is 0 Å². The maximum absolute atomic E-state index is 11.9. The minimum Gasteiger partial charge on any atom is -0.295 e. The van der Waals surface area contributed by atoms with E-state index in [1.54, 1.807) is 27.8 Å². The van der Waals surface area contributed by atoms with E-state index in [0.717, 1.165) is 4.68 Å². The fourth-order valence-corrected chi connectivity index (χ4v) is 1.87. The molecule has 2 rings (SSSR count). The Balaban J connectivity index is 2.69. The van der Waals surface area contributed by atoms with Gasteiger partial charge in [0.2, 0.25) is 5.91 Å². The minimum absolute atomic E-state index is 0.236. The van der Waals surface area contributed by atoms with Crippen molar-refractivity contribution in [2.75, 3.05) is 5.43 Å². The molecular weight excluding hydrogens is 248 g/mol. The average Bonchev–Trinajstić information content (AvgIpc) is 2.59. The first kappa shape index (κ1) is 13.1. The number of nitrogens with one attached hydrogen (secondary N) is 2. The Labute approximate surface area is 108 Å². The predicted molar refractivity (Wildman–Crippen MR) is 71.7 cm³/mol. The van der Waals surface area contributed by atoms with Gasteiger partial charge in [-0.2, -0.15) is 0 Å². The van der Waals surface area contributed by atoms with Crippen LogP contribution in [0.3, 0.4) is 0 Å². The zero-order chi connectivity index (χ0) is 14.3. The van der Waals surface area contributed by atoms with Crippen LogP contribution in [0.15, 0.2) is 15.7 Å². The molecule has 19 heavy (non-hydrogen) atoms. The summed E-state index contributed by atoms with van der Waals surface area (Å²) in [6.45, 7) is 5.08. The Morgan fingerprint density at radius 3 is 2.58 bits per heavy atom. The van der Waals surface area contributed by atoms with Crippen molar-refractivity contribution in [1.29, 1.82) is 0 Å². The van der Waals surface area contributed by atoms with E-state index in [9.17, 15) is 14.4 Å². The predicted octanol–water partition coefficient (Wildman–Crippen LogP) is 0.0628. The Bertz CT molecular complexity index is 764. The zero-order valence-corrected chi connectivity index (χ0v) is 11.3. The van der Waals surface area contributed by atoms with Crippen LogP contribution < -0.4 is 16.5 Å². The molecule has 2 heterocycles. The van der Waals surface area contributed by atoms with Crippen LogP contribution >= 0.6 is 0 Å². The minimum atomic E-state index is -0.388. The molecule has 0 aromatic carbocycles. The second kappa shape index (κ2) is 4.42. The van der Waals surface area contributed by atoms with E-state index < -0.39 is 0 Å². The lowest BCUT2D eigenvalue weighted by Crippen LogP contribution is -2.36. The van der Waals surface area contributed by atoms with Crippen LogP contribution in [-0.4, -0.2) is 20.4 Å². The van der Waals surface area contributed by atoms with E-state index >= 15 is 0 Å². The van der Waals surface area contributed by atoms with Gasteiger partial charge in [0.15, 0.2) is 0 Å². The van der Waals surface area contributed by atoms with E-state index in [4.69, 9.17) is 0 Å². The van der Waals surface area contributed by atoms with Crippen LogP contribution in [0, 0.1) is 12.8 Å². The van der Waals surface area contributed by atoms with Crippen LogP contribution in [0.2, 0.25) is 0 Å². The Hall–Kier alpha value is -2.31. The number of hydrogen-bond donors (Lipinski definition) is 2. The van der Waals surface area contributed by atoms with Crippen LogP contribution in [0.5, 0.6) is 0 Å². The van der Waals surface area contributed by atoms with Crippen molar-refractivity contribution in [3.8, 4) is 0 Å². The quantitative estimate of drug-likeness (QED) is 0.804. The number of fused-ring (bicyclic) bond motifs is 1. The third kappa shape index (κ3) is 2.07. The number of rotatable bonds is 2. The van der Waals surface area contributed by atoms with Gasteiger partial charge in [-0.25, -0.2) is 4.68 Å². The summed E-state index contributed by atoms with van der Waals surface area (Å²) in [5.74, 6) is -0.534. The third-order valence-electron chi connectivity index (χ3n) is 3.01. The summed E-state index contributed by atoms with van der Waals surface area (Å²) in [6, 6.07) is 1.30. The SMILES string of the molecule is Cc1c2c(=O)n(C)[nH]c2cc(=O)n1NC(=O)C(C)C. The van der Waals surface area contributed by atoms with Gasteiger partial charge in [-0.05, 0) is 6.92 Å². The first-order valence-corrected chi connectivity index (χ1v) is 5.95. The number of aromatic nitrogens is 3. The van der Waals surface area contributed by atoms with Crippen LogP contribution in [0.4, 0.5) is 0 Å². The lowest BCUT2D eigenvalue weighted by atomic mass is 10.2. The van der Waals surface area contributed by atoms with Gasteiger partial charge in [0.25, 0.3) is 11.1 Å². The second-order valence-electron chi connectivity index (χ2n) is 4.80. The van der Waals surface area contributed by atoms with E-state index in [1.807, 2.05) is 0 Å². The Morgan fingerprint density at radius 2 is 2.00 bits per heavy atom. The molecule has 0 spiro atoms.